The van der Waals surface area contributed by atoms with E-state index in [9.17, 15) is 4.79 Å². The van der Waals surface area contributed by atoms with Gasteiger partial charge in [0.1, 0.15) is 6.04 Å². The summed E-state index contributed by atoms with van der Waals surface area (Å²) in [7, 11) is 0. The molecule has 0 aliphatic carbocycles. The molecule has 0 saturated carbocycles. The van der Waals surface area contributed by atoms with Crippen LogP contribution in [0, 0.1) is 0 Å². The summed E-state index contributed by atoms with van der Waals surface area (Å²) in [4.78, 5) is 10.6. The van der Waals surface area contributed by atoms with Crippen LogP contribution in [0.15, 0.2) is 0 Å². The van der Waals surface area contributed by atoms with Gasteiger partial charge in [-0.2, -0.15) is 0 Å². The summed E-state index contributed by atoms with van der Waals surface area (Å²) in [6.45, 7) is 0.858. The van der Waals surface area contributed by atoms with Crippen LogP contribution in [0.5, 0.6) is 0 Å². The van der Waals surface area contributed by atoms with Crippen molar-refractivity contribution in [3.8, 4) is 0 Å². The van der Waals surface area contributed by atoms with Gasteiger partial charge >= 0.3 is 5.97 Å². The van der Waals surface area contributed by atoms with Crippen LogP contribution in [0.4, 0.5) is 0 Å². The van der Waals surface area contributed by atoms with Crippen molar-refractivity contribution >= 4 is 5.97 Å². The molecule has 0 aromatic heterocycles. The molecule has 0 amide bonds. The SMILES string of the molecule is O=C(O)[C@H]1CCCCCCN1. The molecule has 1 fully saturated rings. The monoisotopic (exact) mass is 157 g/mol. The van der Waals surface area contributed by atoms with Crippen LogP contribution < -0.4 is 5.32 Å². The summed E-state index contributed by atoms with van der Waals surface area (Å²) in [6.07, 6.45) is 5.37. The highest BCUT2D eigenvalue weighted by Gasteiger charge is 2.16. The molecule has 1 aliphatic heterocycles. The molecule has 64 valence electrons. The third kappa shape index (κ3) is 2.89. The highest BCUT2D eigenvalue weighted by atomic mass is 16.4. The van der Waals surface area contributed by atoms with Gasteiger partial charge in [0.25, 0.3) is 0 Å². The van der Waals surface area contributed by atoms with Gasteiger partial charge in [-0.25, -0.2) is 0 Å². The van der Waals surface area contributed by atoms with Crippen molar-refractivity contribution in [3.05, 3.63) is 0 Å². The van der Waals surface area contributed by atoms with Crippen LogP contribution in [0.3, 0.4) is 0 Å². The molecule has 11 heavy (non-hydrogen) atoms. The first-order chi connectivity index (χ1) is 5.30. The van der Waals surface area contributed by atoms with Crippen molar-refractivity contribution in [1.29, 1.82) is 0 Å². The van der Waals surface area contributed by atoms with Gasteiger partial charge in [0, 0.05) is 0 Å². The van der Waals surface area contributed by atoms with Crippen molar-refractivity contribution < 1.29 is 9.90 Å². The fraction of sp³-hybridized carbons (Fsp3) is 0.875. The second-order valence-corrected chi connectivity index (χ2v) is 3.05. The normalized spacial score (nSPS) is 27.1. The molecule has 0 unspecified atom stereocenters. The number of carboxylic acids is 1. The molecular formula is C8H15NO2. The van der Waals surface area contributed by atoms with Crippen LogP contribution in [0.2, 0.25) is 0 Å². The van der Waals surface area contributed by atoms with Crippen molar-refractivity contribution in [1.82, 2.24) is 5.32 Å². The molecule has 1 saturated heterocycles. The fourth-order valence-corrected chi connectivity index (χ4v) is 1.42. The number of hydrogen-bond donors (Lipinski definition) is 2. The topological polar surface area (TPSA) is 49.3 Å². The van der Waals surface area contributed by atoms with Gasteiger partial charge in [-0.05, 0) is 19.4 Å². The Morgan fingerprint density at radius 2 is 2.00 bits per heavy atom. The Balaban J connectivity index is 2.32. The Kier molecular flexibility index (Phi) is 3.36. The predicted octanol–water partition coefficient (Wildman–Crippen LogP) is 0.993. The fourth-order valence-electron chi connectivity index (χ4n) is 1.42. The number of hydrogen-bond acceptors (Lipinski definition) is 2. The first kappa shape index (κ1) is 8.53. The Bertz CT molecular complexity index is 128. The average Bonchev–Trinajstić information content (AvgIpc) is 1.84. The lowest BCUT2D eigenvalue weighted by molar-refractivity contribution is -0.139. The smallest absolute Gasteiger partial charge is 0.320 e. The number of nitrogens with one attached hydrogen (secondary N) is 1. The summed E-state index contributed by atoms with van der Waals surface area (Å²) in [5.41, 5.74) is 0. The maximum atomic E-state index is 10.6. The zero-order chi connectivity index (χ0) is 8.10. The van der Waals surface area contributed by atoms with E-state index in [2.05, 4.69) is 5.32 Å². The average molecular weight is 157 g/mol. The van der Waals surface area contributed by atoms with E-state index in [4.69, 9.17) is 5.11 Å². The van der Waals surface area contributed by atoms with Gasteiger partial charge < -0.3 is 10.4 Å². The second-order valence-electron chi connectivity index (χ2n) is 3.05. The van der Waals surface area contributed by atoms with E-state index in [1.165, 1.54) is 12.8 Å². The van der Waals surface area contributed by atoms with E-state index in [1.54, 1.807) is 0 Å². The highest BCUT2D eigenvalue weighted by Crippen LogP contribution is 2.09. The summed E-state index contributed by atoms with van der Waals surface area (Å²) in [5.74, 6) is -0.702. The van der Waals surface area contributed by atoms with Crippen LogP contribution in [-0.2, 0) is 4.79 Å². The number of carbonyl (C=O) groups is 1. The highest BCUT2D eigenvalue weighted by molar-refractivity contribution is 5.73. The van der Waals surface area contributed by atoms with Gasteiger partial charge in [0.05, 0.1) is 0 Å². The van der Waals surface area contributed by atoms with Crippen LogP contribution in [0.1, 0.15) is 32.1 Å². The molecule has 1 atom stereocenters. The minimum Gasteiger partial charge on any atom is -0.480 e. The van der Waals surface area contributed by atoms with E-state index in [0.717, 1.165) is 25.8 Å². The summed E-state index contributed by atoms with van der Waals surface area (Å²) >= 11 is 0. The van der Waals surface area contributed by atoms with Crippen molar-refractivity contribution in [3.63, 3.8) is 0 Å². The zero-order valence-corrected chi connectivity index (χ0v) is 6.68. The van der Waals surface area contributed by atoms with Gasteiger partial charge in [-0.3, -0.25) is 4.79 Å². The van der Waals surface area contributed by atoms with Crippen molar-refractivity contribution in [2.45, 2.75) is 38.1 Å². The molecule has 3 nitrogen and oxygen atoms in total. The standard InChI is InChI=1S/C8H15NO2/c10-8(11)7-5-3-1-2-4-6-9-7/h7,9H,1-6H2,(H,10,11)/t7-/m1/s1. The van der Waals surface area contributed by atoms with Gasteiger partial charge in [0.2, 0.25) is 0 Å². The number of rotatable bonds is 1. The van der Waals surface area contributed by atoms with Crippen molar-refractivity contribution in [2.75, 3.05) is 6.54 Å². The van der Waals surface area contributed by atoms with Crippen LogP contribution in [0.25, 0.3) is 0 Å². The van der Waals surface area contributed by atoms with E-state index in [0.29, 0.717) is 0 Å². The molecular weight excluding hydrogens is 142 g/mol. The molecule has 0 aromatic rings. The van der Waals surface area contributed by atoms with Crippen LogP contribution in [-0.4, -0.2) is 23.7 Å². The molecule has 0 bridgehead atoms. The first-order valence-electron chi connectivity index (χ1n) is 4.27. The maximum Gasteiger partial charge on any atom is 0.320 e. The zero-order valence-electron chi connectivity index (χ0n) is 6.68. The molecule has 1 rings (SSSR count). The quantitative estimate of drug-likeness (QED) is 0.597. The molecule has 1 aliphatic rings. The van der Waals surface area contributed by atoms with E-state index < -0.39 is 5.97 Å². The number of carboxylic acid groups (broad SMARTS) is 1. The third-order valence-corrected chi connectivity index (χ3v) is 2.11. The summed E-state index contributed by atoms with van der Waals surface area (Å²) < 4.78 is 0. The molecule has 3 heteroatoms. The van der Waals surface area contributed by atoms with Gasteiger partial charge in [-0.15, -0.1) is 0 Å². The molecule has 0 spiro atoms. The third-order valence-electron chi connectivity index (χ3n) is 2.11. The van der Waals surface area contributed by atoms with Crippen LogP contribution >= 0.6 is 0 Å². The first-order valence-corrected chi connectivity index (χ1v) is 4.27. The molecule has 2 N–H and O–H groups in total. The Morgan fingerprint density at radius 1 is 1.27 bits per heavy atom. The van der Waals surface area contributed by atoms with Gasteiger partial charge in [0.15, 0.2) is 0 Å². The minimum absolute atomic E-state index is 0.296. The Labute approximate surface area is 66.8 Å². The molecule has 0 aromatic carbocycles. The minimum atomic E-state index is -0.702. The second kappa shape index (κ2) is 4.34. The largest absolute Gasteiger partial charge is 0.480 e. The lowest BCUT2D eigenvalue weighted by Crippen LogP contribution is -2.37. The summed E-state index contributed by atoms with van der Waals surface area (Å²) in [5, 5.41) is 11.7. The maximum absolute atomic E-state index is 10.6. The van der Waals surface area contributed by atoms with Gasteiger partial charge in [-0.1, -0.05) is 19.3 Å². The Hall–Kier alpha value is -0.570. The molecule has 1 heterocycles. The van der Waals surface area contributed by atoms with E-state index in [-0.39, 0.29) is 6.04 Å². The Morgan fingerprint density at radius 3 is 2.73 bits per heavy atom. The van der Waals surface area contributed by atoms with E-state index in [1.807, 2.05) is 0 Å². The van der Waals surface area contributed by atoms with E-state index >= 15 is 0 Å². The lowest BCUT2D eigenvalue weighted by atomic mass is 10.0. The molecule has 0 radical (unpaired) electrons. The predicted molar refractivity (Wildman–Crippen MR) is 42.5 cm³/mol. The number of aliphatic carboxylic acids is 1. The van der Waals surface area contributed by atoms with Crippen molar-refractivity contribution in [2.24, 2.45) is 0 Å². The lowest BCUT2D eigenvalue weighted by Gasteiger charge is -2.16. The summed E-state index contributed by atoms with van der Waals surface area (Å²) in [6, 6.07) is -0.296.